The van der Waals surface area contributed by atoms with Crippen molar-refractivity contribution in [1.29, 1.82) is 0 Å². The summed E-state index contributed by atoms with van der Waals surface area (Å²) in [6.45, 7) is 8.62. The number of Topliss-reactive ketones (excluding diaryl/α,β-unsaturated/α-hetero) is 1. The van der Waals surface area contributed by atoms with E-state index in [9.17, 15) is 9.59 Å². The molecular weight excluding hydrogens is 272 g/mol. The molecule has 0 bridgehead atoms. The van der Waals surface area contributed by atoms with Crippen LogP contribution in [0.5, 0.6) is 0 Å². The van der Waals surface area contributed by atoms with Crippen LogP contribution in [0.1, 0.15) is 58.8 Å². The van der Waals surface area contributed by atoms with E-state index < -0.39 is 0 Å². The predicted molar refractivity (Wildman–Crippen MR) is 86.2 cm³/mol. The van der Waals surface area contributed by atoms with Gasteiger partial charge in [0.15, 0.2) is 11.6 Å². The molecule has 2 nitrogen and oxygen atoms in total. The maximum atomic E-state index is 12.6. The largest absolute Gasteiger partial charge is 0.295 e. The second-order valence-electron chi connectivity index (χ2n) is 8.56. The lowest BCUT2D eigenvalue weighted by Crippen LogP contribution is -2.50. The van der Waals surface area contributed by atoms with Gasteiger partial charge in [-0.1, -0.05) is 26.0 Å². The van der Waals surface area contributed by atoms with Gasteiger partial charge in [-0.15, -0.1) is 0 Å². The zero-order valence-corrected chi connectivity index (χ0v) is 13.8. The first-order valence-corrected chi connectivity index (χ1v) is 8.83. The molecule has 0 spiro atoms. The molecule has 3 unspecified atom stereocenters. The molecule has 0 aromatic heterocycles. The number of carbonyl (C=O) groups excluding carboxylic acids is 2. The fraction of sp³-hybridized carbons (Fsp3) is 0.700. The molecule has 0 amide bonds. The van der Waals surface area contributed by atoms with E-state index in [1.54, 1.807) is 0 Å². The van der Waals surface area contributed by atoms with E-state index in [2.05, 4.69) is 20.4 Å². The summed E-state index contributed by atoms with van der Waals surface area (Å²) < 4.78 is 0. The van der Waals surface area contributed by atoms with Gasteiger partial charge in [-0.05, 0) is 73.3 Å². The zero-order chi connectivity index (χ0) is 15.7. The van der Waals surface area contributed by atoms with Crippen molar-refractivity contribution >= 4 is 11.6 Å². The molecule has 2 heteroatoms. The van der Waals surface area contributed by atoms with Crippen molar-refractivity contribution in [2.45, 2.75) is 58.8 Å². The Morgan fingerprint density at radius 3 is 2.59 bits per heavy atom. The van der Waals surface area contributed by atoms with E-state index in [1.807, 2.05) is 6.08 Å². The molecule has 22 heavy (non-hydrogen) atoms. The molecule has 5 atom stereocenters. The Hall–Kier alpha value is -1.18. The summed E-state index contributed by atoms with van der Waals surface area (Å²) in [6.07, 6.45) is 8.92. The van der Waals surface area contributed by atoms with Gasteiger partial charge in [-0.2, -0.15) is 0 Å². The lowest BCUT2D eigenvalue weighted by molar-refractivity contribution is -0.130. The molecule has 118 valence electrons. The molecule has 0 aromatic rings. The maximum Gasteiger partial charge on any atom is 0.164 e. The number of carbonyl (C=O) groups is 2. The molecule has 0 aliphatic heterocycles. The quantitative estimate of drug-likeness (QED) is 0.626. The van der Waals surface area contributed by atoms with E-state index in [4.69, 9.17) is 0 Å². The second-order valence-corrected chi connectivity index (χ2v) is 8.56. The summed E-state index contributed by atoms with van der Waals surface area (Å²) in [4.78, 5) is 24.4. The SMILES string of the molecule is C=C1CC2C3CCC4=CC(=O)CC[C@]4(C)C3CC[C@]2(C)C1=O. The highest BCUT2D eigenvalue weighted by Crippen LogP contribution is 2.64. The van der Waals surface area contributed by atoms with Gasteiger partial charge >= 0.3 is 0 Å². The summed E-state index contributed by atoms with van der Waals surface area (Å²) in [7, 11) is 0. The van der Waals surface area contributed by atoms with Crippen LogP contribution < -0.4 is 0 Å². The Bertz CT molecular complexity index is 613. The number of rotatable bonds is 0. The van der Waals surface area contributed by atoms with Gasteiger partial charge in [0, 0.05) is 11.8 Å². The van der Waals surface area contributed by atoms with Crippen LogP contribution in [0.15, 0.2) is 23.8 Å². The minimum atomic E-state index is -0.152. The van der Waals surface area contributed by atoms with Gasteiger partial charge in [0.05, 0.1) is 0 Å². The predicted octanol–water partition coefficient (Wildman–Crippen LogP) is 4.25. The average Bonchev–Trinajstić information content (AvgIpc) is 2.72. The third-order valence-electron chi connectivity index (χ3n) is 7.66. The Morgan fingerprint density at radius 1 is 1.05 bits per heavy atom. The third kappa shape index (κ3) is 1.67. The summed E-state index contributed by atoms with van der Waals surface area (Å²) in [6, 6.07) is 0. The fourth-order valence-corrected chi connectivity index (χ4v) is 6.30. The molecule has 0 saturated heterocycles. The van der Waals surface area contributed by atoms with Crippen molar-refractivity contribution < 1.29 is 9.59 Å². The highest BCUT2D eigenvalue weighted by Gasteiger charge is 2.59. The summed E-state index contributed by atoms with van der Waals surface area (Å²) in [5.41, 5.74) is 2.31. The van der Waals surface area contributed by atoms with E-state index in [0.717, 1.165) is 44.1 Å². The number of hydrogen-bond donors (Lipinski definition) is 0. The van der Waals surface area contributed by atoms with Gasteiger partial charge in [0.2, 0.25) is 0 Å². The van der Waals surface area contributed by atoms with Crippen LogP contribution in [-0.2, 0) is 9.59 Å². The lowest BCUT2D eigenvalue weighted by Gasteiger charge is -2.56. The van der Waals surface area contributed by atoms with Crippen LogP contribution in [0, 0.1) is 28.6 Å². The highest BCUT2D eigenvalue weighted by molar-refractivity contribution is 6.02. The van der Waals surface area contributed by atoms with E-state index >= 15 is 0 Å². The molecule has 4 rings (SSSR count). The Balaban J connectivity index is 1.72. The number of fused-ring (bicyclic) bond motifs is 5. The normalized spacial score (nSPS) is 47.6. The van der Waals surface area contributed by atoms with Crippen LogP contribution in [0.3, 0.4) is 0 Å². The van der Waals surface area contributed by atoms with E-state index in [0.29, 0.717) is 35.7 Å². The van der Waals surface area contributed by atoms with E-state index in [-0.39, 0.29) is 10.8 Å². The standard InChI is InChI=1S/C20H26O2/c1-12-10-17-15-5-4-13-11-14(21)6-8-19(13,2)16(15)7-9-20(17,3)18(12)22/h11,15-17H,1,4-10H2,2-3H3/t15?,16?,17?,19-,20-/m0/s1. The average molecular weight is 298 g/mol. The number of allylic oxidation sites excluding steroid dienone is 2. The first-order chi connectivity index (χ1) is 10.4. The van der Waals surface area contributed by atoms with Crippen LogP contribution in [0.25, 0.3) is 0 Å². The molecule has 0 aromatic carbocycles. The molecule has 4 aliphatic carbocycles. The summed E-state index contributed by atoms with van der Waals surface area (Å²) in [5, 5.41) is 0. The Kier molecular flexibility index (Phi) is 2.90. The Morgan fingerprint density at radius 2 is 1.82 bits per heavy atom. The van der Waals surface area contributed by atoms with Crippen LogP contribution in [0.4, 0.5) is 0 Å². The first-order valence-electron chi connectivity index (χ1n) is 8.83. The monoisotopic (exact) mass is 298 g/mol. The van der Waals surface area contributed by atoms with Crippen molar-refractivity contribution in [3.63, 3.8) is 0 Å². The number of ketones is 2. The molecule has 4 aliphatic rings. The minimum Gasteiger partial charge on any atom is -0.295 e. The van der Waals surface area contributed by atoms with Crippen LogP contribution in [0.2, 0.25) is 0 Å². The zero-order valence-electron chi connectivity index (χ0n) is 13.8. The molecule has 0 N–H and O–H groups in total. The summed E-state index contributed by atoms with van der Waals surface area (Å²) in [5.74, 6) is 2.43. The topological polar surface area (TPSA) is 34.1 Å². The Labute approximate surface area is 133 Å². The van der Waals surface area contributed by atoms with Crippen molar-refractivity contribution in [3.05, 3.63) is 23.8 Å². The van der Waals surface area contributed by atoms with Crippen molar-refractivity contribution in [2.75, 3.05) is 0 Å². The molecular formula is C20H26O2. The van der Waals surface area contributed by atoms with Gasteiger partial charge in [0.1, 0.15) is 0 Å². The van der Waals surface area contributed by atoms with Crippen molar-refractivity contribution in [1.82, 2.24) is 0 Å². The fourth-order valence-electron chi connectivity index (χ4n) is 6.30. The van der Waals surface area contributed by atoms with Crippen molar-refractivity contribution in [2.24, 2.45) is 28.6 Å². The van der Waals surface area contributed by atoms with Gasteiger partial charge in [-0.3, -0.25) is 9.59 Å². The smallest absolute Gasteiger partial charge is 0.164 e. The molecule has 0 radical (unpaired) electrons. The number of hydrogen-bond acceptors (Lipinski definition) is 2. The molecule has 3 saturated carbocycles. The minimum absolute atomic E-state index is 0.152. The van der Waals surface area contributed by atoms with E-state index in [1.165, 1.54) is 5.57 Å². The van der Waals surface area contributed by atoms with Gasteiger partial charge < -0.3 is 0 Å². The van der Waals surface area contributed by atoms with Crippen LogP contribution >= 0.6 is 0 Å². The lowest BCUT2D eigenvalue weighted by atomic mass is 9.47. The maximum absolute atomic E-state index is 12.6. The molecule has 0 heterocycles. The van der Waals surface area contributed by atoms with Gasteiger partial charge in [-0.25, -0.2) is 0 Å². The van der Waals surface area contributed by atoms with Crippen LogP contribution in [-0.4, -0.2) is 11.6 Å². The molecule has 3 fully saturated rings. The van der Waals surface area contributed by atoms with Crippen molar-refractivity contribution in [3.8, 4) is 0 Å². The first kappa shape index (κ1) is 14.4. The second kappa shape index (κ2) is 4.43. The summed E-state index contributed by atoms with van der Waals surface area (Å²) >= 11 is 0. The third-order valence-corrected chi connectivity index (χ3v) is 7.66. The highest BCUT2D eigenvalue weighted by atomic mass is 16.1. The van der Waals surface area contributed by atoms with Gasteiger partial charge in [0.25, 0.3) is 0 Å².